The standard InChI is InChI=1S/C14H17BrN4O3/c1-18(21-2)12(20)8-22-11-6-5-10-14(13(11)15)16-17-19(10)7-9-3-4-9/h5-6,9H,3-4,7-8H2,1-2H3. The number of nitrogens with zero attached hydrogens (tertiary/aromatic N) is 4. The number of ether oxygens (including phenoxy) is 1. The summed E-state index contributed by atoms with van der Waals surface area (Å²) in [5, 5.41) is 9.53. The maximum Gasteiger partial charge on any atom is 0.283 e. The molecule has 1 saturated carbocycles. The Hall–Kier alpha value is -1.67. The van der Waals surface area contributed by atoms with E-state index in [1.54, 1.807) is 0 Å². The fraction of sp³-hybridized carbons (Fsp3) is 0.500. The minimum Gasteiger partial charge on any atom is -0.482 e. The van der Waals surface area contributed by atoms with E-state index >= 15 is 0 Å². The zero-order valence-electron chi connectivity index (χ0n) is 12.5. The summed E-state index contributed by atoms with van der Waals surface area (Å²) in [4.78, 5) is 16.5. The van der Waals surface area contributed by atoms with Crippen molar-refractivity contribution in [3.63, 3.8) is 0 Å². The molecule has 0 radical (unpaired) electrons. The van der Waals surface area contributed by atoms with Crippen molar-refractivity contribution in [1.82, 2.24) is 20.1 Å². The summed E-state index contributed by atoms with van der Waals surface area (Å²) in [6.07, 6.45) is 2.53. The van der Waals surface area contributed by atoms with Crippen molar-refractivity contribution in [3.8, 4) is 5.75 Å². The smallest absolute Gasteiger partial charge is 0.283 e. The number of carbonyl (C=O) groups is 1. The normalized spacial score (nSPS) is 14.3. The van der Waals surface area contributed by atoms with Gasteiger partial charge in [-0.25, -0.2) is 9.75 Å². The highest BCUT2D eigenvalue weighted by molar-refractivity contribution is 9.10. The highest BCUT2D eigenvalue weighted by Gasteiger charge is 2.24. The molecule has 1 aliphatic rings. The summed E-state index contributed by atoms with van der Waals surface area (Å²) < 4.78 is 8.17. The van der Waals surface area contributed by atoms with Gasteiger partial charge < -0.3 is 4.74 Å². The Bertz CT molecular complexity index is 699. The molecule has 0 unspecified atom stereocenters. The molecule has 1 amide bonds. The molecule has 0 N–H and O–H groups in total. The number of amides is 1. The van der Waals surface area contributed by atoms with E-state index in [0.717, 1.165) is 28.6 Å². The number of hydrogen-bond donors (Lipinski definition) is 0. The van der Waals surface area contributed by atoms with Crippen LogP contribution in [0.1, 0.15) is 12.8 Å². The number of aromatic nitrogens is 3. The second kappa shape index (κ2) is 6.21. The molecule has 1 fully saturated rings. The third-order valence-corrected chi connectivity index (χ3v) is 4.46. The Labute approximate surface area is 136 Å². The molecule has 3 rings (SSSR count). The largest absolute Gasteiger partial charge is 0.482 e. The average molecular weight is 369 g/mol. The number of hydrogen-bond acceptors (Lipinski definition) is 5. The lowest BCUT2D eigenvalue weighted by atomic mass is 10.3. The molecule has 0 bridgehead atoms. The number of fused-ring (bicyclic) bond motifs is 1. The second-order valence-electron chi connectivity index (χ2n) is 5.32. The Morgan fingerprint density at radius 1 is 1.50 bits per heavy atom. The molecule has 8 heteroatoms. The third kappa shape index (κ3) is 3.07. The van der Waals surface area contributed by atoms with Gasteiger partial charge in [0, 0.05) is 13.6 Å². The summed E-state index contributed by atoms with van der Waals surface area (Å²) in [6, 6.07) is 3.74. The molecule has 0 saturated heterocycles. The number of likely N-dealkylation sites (N-methyl/N-ethyl adjacent to an activating group) is 1. The molecular formula is C14H17BrN4O3. The van der Waals surface area contributed by atoms with Gasteiger partial charge in [0.1, 0.15) is 11.3 Å². The zero-order valence-corrected chi connectivity index (χ0v) is 14.0. The van der Waals surface area contributed by atoms with Crippen LogP contribution < -0.4 is 4.74 Å². The van der Waals surface area contributed by atoms with Gasteiger partial charge in [0.2, 0.25) is 0 Å². The SMILES string of the molecule is CON(C)C(=O)COc1ccc2c(nnn2CC2CC2)c1Br. The van der Waals surface area contributed by atoms with Gasteiger partial charge >= 0.3 is 0 Å². The van der Waals surface area contributed by atoms with Crippen LogP contribution >= 0.6 is 15.9 Å². The third-order valence-electron chi connectivity index (χ3n) is 3.69. The number of rotatable bonds is 6. The lowest BCUT2D eigenvalue weighted by molar-refractivity contribution is -0.170. The molecule has 1 aromatic carbocycles. The van der Waals surface area contributed by atoms with Gasteiger partial charge in [0.25, 0.3) is 5.91 Å². The van der Waals surface area contributed by atoms with Crippen molar-refractivity contribution in [2.24, 2.45) is 5.92 Å². The lowest BCUT2D eigenvalue weighted by Crippen LogP contribution is -2.30. The van der Waals surface area contributed by atoms with Crippen LogP contribution in [-0.4, -0.2) is 46.7 Å². The first kappa shape index (κ1) is 15.2. The van der Waals surface area contributed by atoms with Crippen molar-refractivity contribution in [1.29, 1.82) is 0 Å². The first-order chi connectivity index (χ1) is 10.6. The van der Waals surface area contributed by atoms with Crippen LogP contribution in [0.3, 0.4) is 0 Å². The van der Waals surface area contributed by atoms with Crippen LogP contribution in [0.25, 0.3) is 11.0 Å². The van der Waals surface area contributed by atoms with E-state index in [2.05, 4.69) is 26.2 Å². The van der Waals surface area contributed by atoms with E-state index < -0.39 is 0 Å². The molecule has 0 aliphatic heterocycles. The van der Waals surface area contributed by atoms with Crippen molar-refractivity contribution in [3.05, 3.63) is 16.6 Å². The van der Waals surface area contributed by atoms with Crippen LogP contribution in [0.5, 0.6) is 5.75 Å². The molecule has 7 nitrogen and oxygen atoms in total. The molecule has 0 atom stereocenters. The molecular weight excluding hydrogens is 352 g/mol. The lowest BCUT2D eigenvalue weighted by Gasteiger charge is -2.14. The van der Waals surface area contributed by atoms with Gasteiger partial charge in [0.15, 0.2) is 6.61 Å². The maximum atomic E-state index is 11.7. The summed E-state index contributed by atoms with van der Waals surface area (Å²) in [6.45, 7) is 0.797. The van der Waals surface area contributed by atoms with Gasteiger partial charge in [-0.15, -0.1) is 5.10 Å². The molecule has 118 valence electrons. The van der Waals surface area contributed by atoms with Crippen LogP contribution in [0.15, 0.2) is 16.6 Å². The Morgan fingerprint density at radius 2 is 2.27 bits per heavy atom. The predicted octanol–water partition coefficient (Wildman–Crippen LogP) is 2.00. The van der Waals surface area contributed by atoms with Crippen LogP contribution in [0.2, 0.25) is 0 Å². The summed E-state index contributed by atoms with van der Waals surface area (Å²) in [5.74, 6) is 1.01. The highest BCUT2D eigenvalue weighted by Crippen LogP contribution is 2.34. The van der Waals surface area contributed by atoms with E-state index in [0.29, 0.717) is 10.2 Å². The predicted molar refractivity (Wildman–Crippen MR) is 83.2 cm³/mol. The molecule has 1 heterocycles. The van der Waals surface area contributed by atoms with Crippen LogP contribution in [0.4, 0.5) is 0 Å². The van der Waals surface area contributed by atoms with E-state index in [-0.39, 0.29) is 12.5 Å². The number of benzene rings is 1. The van der Waals surface area contributed by atoms with Crippen molar-refractivity contribution < 1.29 is 14.4 Å². The van der Waals surface area contributed by atoms with E-state index in [9.17, 15) is 4.79 Å². The zero-order chi connectivity index (χ0) is 15.7. The summed E-state index contributed by atoms with van der Waals surface area (Å²) in [5.41, 5.74) is 1.71. The van der Waals surface area contributed by atoms with Crippen LogP contribution in [0, 0.1) is 5.92 Å². The minimum absolute atomic E-state index is 0.106. The van der Waals surface area contributed by atoms with Gasteiger partial charge in [-0.2, -0.15) is 0 Å². The first-order valence-electron chi connectivity index (χ1n) is 7.05. The van der Waals surface area contributed by atoms with Gasteiger partial charge in [-0.05, 0) is 46.8 Å². The van der Waals surface area contributed by atoms with Gasteiger partial charge in [0.05, 0.1) is 17.1 Å². The van der Waals surface area contributed by atoms with Crippen LogP contribution in [-0.2, 0) is 16.2 Å². The summed E-state index contributed by atoms with van der Waals surface area (Å²) >= 11 is 3.48. The van der Waals surface area contributed by atoms with Crippen molar-refractivity contribution in [2.45, 2.75) is 19.4 Å². The van der Waals surface area contributed by atoms with E-state index in [1.807, 2.05) is 16.8 Å². The topological polar surface area (TPSA) is 69.5 Å². The first-order valence-corrected chi connectivity index (χ1v) is 7.84. The summed E-state index contributed by atoms with van der Waals surface area (Å²) in [7, 11) is 2.96. The van der Waals surface area contributed by atoms with Gasteiger partial charge in [-0.3, -0.25) is 9.63 Å². The Morgan fingerprint density at radius 3 is 2.95 bits per heavy atom. The quantitative estimate of drug-likeness (QED) is 0.729. The minimum atomic E-state index is -0.271. The van der Waals surface area contributed by atoms with Crippen molar-refractivity contribution >= 4 is 32.9 Å². The van der Waals surface area contributed by atoms with E-state index in [1.165, 1.54) is 27.0 Å². The number of hydroxylamine groups is 2. The average Bonchev–Trinajstić information content (AvgIpc) is 3.24. The molecule has 2 aromatic rings. The Kier molecular flexibility index (Phi) is 4.30. The number of halogens is 1. The second-order valence-corrected chi connectivity index (χ2v) is 6.12. The van der Waals surface area contributed by atoms with E-state index in [4.69, 9.17) is 9.57 Å². The molecule has 1 aromatic heterocycles. The monoisotopic (exact) mass is 368 g/mol. The molecule has 22 heavy (non-hydrogen) atoms. The molecule has 1 aliphatic carbocycles. The Balaban J connectivity index is 1.76. The molecule has 0 spiro atoms. The fourth-order valence-electron chi connectivity index (χ4n) is 2.11. The highest BCUT2D eigenvalue weighted by atomic mass is 79.9. The van der Waals surface area contributed by atoms with Crippen molar-refractivity contribution in [2.75, 3.05) is 20.8 Å². The number of carbonyl (C=O) groups excluding carboxylic acids is 1. The van der Waals surface area contributed by atoms with Gasteiger partial charge in [-0.1, -0.05) is 5.21 Å². The fourth-order valence-corrected chi connectivity index (χ4v) is 2.64. The maximum absolute atomic E-state index is 11.7.